The van der Waals surface area contributed by atoms with Crippen LogP contribution in [0.4, 0.5) is 5.69 Å². The van der Waals surface area contributed by atoms with Crippen LogP contribution in [0.25, 0.3) is 0 Å². The van der Waals surface area contributed by atoms with Crippen molar-refractivity contribution in [2.45, 2.75) is 37.8 Å². The lowest BCUT2D eigenvalue weighted by atomic mass is 10.0. The van der Waals surface area contributed by atoms with Gasteiger partial charge in [-0.25, -0.2) is 8.42 Å². The van der Waals surface area contributed by atoms with Crippen LogP contribution in [0, 0.1) is 6.92 Å². The van der Waals surface area contributed by atoms with Gasteiger partial charge in [-0.3, -0.25) is 13.9 Å². The number of sulfonamides is 1. The van der Waals surface area contributed by atoms with Crippen molar-refractivity contribution in [1.29, 1.82) is 0 Å². The Morgan fingerprint density at radius 3 is 2.00 bits per heavy atom. The predicted molar refractivity (Wildman–Crippen MR) is 167 cm³/mol. The quantitative estimate of drug-likeness (QED) is 0.228. The number of anilines is 1. The molecular formula is C33H34ClN3O4S. The minimum Gasteiger partial charge on any atom is -0.355 e. The summed E-state index contributed by atoms with van der Waals surface area (Å²) < 4.78 is 28.9. The molecule has 1 unspecified atom stereocenters. The summed E-state index contributed by atoms with van der Waals surface area (Å²) in [5, 5.41) is 3.30. The fourth-order valence-corrected chi connectivity index (χ4v) is 6.15. The van der Waals surface area contributed by atoms with Gasteiger partial charge in [-0.2, -0.15) is 0 Å². The van der Waals surface area contributed by atoms with Gasteiger partial charge in [0.05, 0.1) is 10.6 Å². The van der Waals surface area contributed by atoms with E-state index in [1.54, 1.807) is 42.5 Å². The van der Waals surface area contributed by atoms with Gasteiger partial charge in [0, 0.05) is 24.5 Å². The lowest BCUT2D eigenvalue weighted by Gasteiger charge is -2.33. The number of nitrogens with one attached hydrogen (secondary N) is 1. The molecule has 4 aromatic carbocycles. The van der Waals surface area contributed by atoms with E-state index in [1.165, 1.54) is 17.0 Å². The first-order chi connectivity index (χ1) is 20.2. The molecule has 42 heavy (non-hydrogen) atoms. The third-order valence-electron chi connectivity index (χ3n) is 6.82. The molecule has 0 spiro atoms. The number of amides is 2. The highest BCUT2D eigenvalue weighted by Gasteiger charge is 2.34. The Kier molecular flexibility index (Phi) is 10.4. The molecule has 0 aliphatic heterocycles. The number of hydrogen-bond acceptors (Lipinski definition) is 4. The van der Waals surface area contributed by atoms with Gasteiger partial charge in [0.1, 0.15) is 12.6 Å². The van der Waals surface area contributed by atoms with Gasteiger partial charge < -0.3 is 10.2 Å². The zero-order chi connectivity index (χ0) is 30.1. The molecule has 0 aliphatic carbocycles. The number of nitrogens with zero attached hydrogens (tertiary/aromatic N) is 2. The van der Waals surface area contributed by atoms with E-state index in [2.05, 4.69) is 5.32 Å². The normalized spacial score (nSPS) is 11.9. The standard InChI is InChI=1S/C33H34ClN3O4S/c1-3-35-33(39)31(22-26-10-6-4-7-11-26)36(23-27-16-14-25(2)15-17-27)32(38)24-37(29-20-18-28(34)19-21-29)42(40,41)30-12-8-5-9-13-30/h4-21,31H,3,22-24H2,1-2H3,(H,35,39). The highest BCUT2D eigenvalue weighted by molar-refractivity contribution is 7.92. The summed E-state index contributed by atoms with van der Waals surface area (Å²) in [5.74, 6) is -0.831. The summed E-state index contributed by atoms with van der Waals surface area (Å²) in [4.78, 5) is 29.3. The number of rotatable bonds is 12. The molecule has 218 valence electrons. The minimum atomic E-state index is -4.15. The summed E-state index contributed by atoms with van der Waals surface area (Å²) in [6, 6.07) is 30.5. The van der Waals surface area contributed by atoms with Crippen LogP contribution >= 0.6 is 11.6 Å². The van der Waals surface area contributed by atoms with Crippen molar-refractivity contribution in [3.8, 4) is 0 Å². The van der Waals surface area contributed by atoms with E-state index >= 15 is 0 Å². The molecule has 0 saturated carbocycles. The zero-order valence-corrected chi connectivity index (χ0v) is 25.2. The fraction of sp³-hybridized carbons (Fsp3) is 0.212. The van der Waals surface area contributed by atoms with Crippen molar-refractivity contribution in [3.05, 3.63) is 131 Å². The second-order valence-corrected chi connectivity index (χ2v) is 12.2. The third kappa shape index (κ3) is 7.78. The Morgan fingerprint density at radius 1 is 0.810 bits per heavy atom. The molecule has 9 heteroatoms. The van der Waals surface area contributed by atoms with Crippen molar-refractivity contribution in [1.82, 2.24) is 10.2 Å². The topological polar surface area (TPSA) is 86.8 Å². The lowest BCUT2D eigenvalue weighted by Crippen LogP contribution is -2.53. The Hall–Kier alpha value is -4.14. The van der Waals surface area contributed by atoms with Gasteiger partial charge in [0.15, 0.2) is 0 Å². The summed E-state index contributed by atoms with van der Waals surface area (Å²) in [5.41, 5.74) is 3.04. The summed E-state index contributed by atoms with van der Waals surface area (Å²) in [7, 11) is -4.15. The van der Waals surface area contributed by atoms with Crippen molar-refractivity contribution < 1.29 is 18.0 Å². The largest absolute Gasteiger partial charge is 0.355 e. The molecule has 0 bridgehead atoms. The van der Waals surface area contributed by atoms with Crippen molar-refractivity contribution >= 4 is 39.1 Å². The van der Waals surface area contributed by atoms with E-state index < -0.39 is 28.5 Å². The number of benzene rings is 4. The van der Waals surface area contributed by atoms with Crippen molar-refractivity contribution in [2.24, 2.45) is 0 Å². The first kappa shape index (κ1) is 30.8. The van der Waals surface area contributed by atoms with Crippen LogP contribution in [0.2, 0.25) is 5.02 Å². The second-order valence-electron chi connectivity index (χ2n) is 9.91. The monoisotopic (exact) mass is 603 g/mol. The van der Waals surface area contributed by atoms with Crippen LogP contribution in [0.3, 0.4) is 0 Å². The lowest BCUT2D eigenvalue weighted by molar-refractivity contribution is -0.140. The van der Waals surface area contributed by atoms with Gasteiger partial charge >= 0.3 is 0 Å². The second kappa shape index (κ2) is 14.2. The molecule has 0 saturated heterocycles. The van der Waals surface area contributed by atoms with E-state index in [-0.39, 0.29) is 29.5 Å². The molecule has 2 amide bonds. The number of likely N-dealkylation sites (N-methyl/N-ethyl adjacent to an activating group) is 1. The summed E-state index contributed by atoms with van der Waals surface area (Å²) >= 11 is 6.10. The number of halogens is 1. The summed E-state index contributed by atoms with van der Waals surface area (Å²) in [6.07, 6.45) is 0.261. The Morgan fingerprint density at radius 2 is 1.40 bits per heavy atom. The molecule has 1 atom stereocenters. The zero-order valence-electron chi connectivity index (χ0n) is 23.6. The number of aryl methyl sites for hydroxylation is 1. The van der Waals surface area contributed by atoms with Crippen LogP contribution in [0.5, 0.6) is 0 Å². The summed E-state index contributed by atoms with van der Waals surface area (Å²) in [6.45, 7) is 3.77. The highest BCUT2D eigenvalue weighted by Crippen LogP contribution is 2.26. The van der Waals surface area contributed by atoms with Gasteiger partial charge in [0.25, 0.3) is 10.0 Å². The Bertz CT molecular complexity index is 1580. The maximum absolute atomic E-state index is 14.3. The average molecular weight is 604 g/mol. The van der Waals surface area contributed by atoms with Gasteiger partial charge in [-0.05, 0) is 61.4 Å². The molecule has 0 aromatic heterocycles. The van der Waals surface area contributed by atoms with Gasteiger partial charge in [-0.15, -0.1) is 0 Å². The predicted octanol–water partition coefficient (Wildman–Crippen LogP) is 5.62. The highest BCUT2D eigenvalue weighted by atomic mass is 35.5. The van der Waals surface area contributed by atoms with Crippen LogP contribution in [0.1, 0.15) is 23.6 Å². The van der Waals surface area contributed by atoms with E-state index in [0.717, 1.165) is 21.0 Å². The van der Waals surface area contributed by atoms with E-state index in [4.69, 9.17) is 11.6 Å². The van der Waals surface area contributed by atoms with Crippen LogP contribution in [-0.4, -0.2) is 44.3 Å². The molecule has 0 aliphatic rings. The van der Waals surface area contributed by atoms with E-state index in [9.17, 15) is 18.0 Å². The first-order valence-electron chi connectivity index (χ1n) is 13.7. The molecule has 1 N–H and O–H groups in total. The molecule has 0 heterocycles. The minimum absolute atomic E-state index is 0.0439. The average Bonchev–Trinajstić information content (AvgIpc) is 3.00. The van der Waals surface area contributed by atoms with E-state index in [1.807, 2.05) is 68.4 Å². The van der Waals surface area contributed by atoms with Crippen LogP contribution in [0.15, 0.2) is 114 Å². The number of carbonyl (C=O) groups excluding carboxylic acids is 2. The first-order valence-corrected chi connectivity index (χ1v) is 15.5. The number of carbonyl (C=O) groups is 2. The Labute approximate surface area is 252 Å². The van der Waals surface area contributed by atoms with E-state index in [0.29, 0.717) is 11.6 Å². The molecule has 4 rings (SSSR count). The van der Waals surface area contributed by atoms with Gasteiger partial charge in [0.2, 0.25) is 11.8 Å². The molecule has 4 aromatic rings. The maximum Gasteiger partial charge on any atom is 0.264 e. The molecule has 0 fully saturated rings. The Balaban J connectivity index is 1.78. The van der Waals surface area contributed by atoms with Crippen LogP contribution in [-0.2, 0) is 32.6 Å². The fourth-order valence-electron chi connectivity index (χ4n) is 4.59. The van der Waals surface area contributed by atoms with Crippen molar-refractivity contribution in [2.75, 3.05) is 17.4 Å². The van der Waals surface area contributed by atoms with Crippen LogP contribution < -0.4 is 9.62 Å². The molecule has 7 nitrogen and oxygen atoms in total. The third-order valence-corrected chi connectivity index (χ3v) is 8.86. The SMILES string of the molecule is CCNC(=O)C(Cc1ccccc1)N(Cc1ccc(C)cc1)C(=O)CN(c1ccc(Cl)cc1)S(=O)(=O)c1ccccc1. The number of hydrogen-bond donors (Lipinski definition) is 1. The smallest absolute Gasteiger partial charge is 0.264 e. The van der Waals surface area contributed by atoms with Gasteiger partial charge in [-0.1, -0.05) is 90.0 Å². The molecular weight excluding hydrogens is 570 g/mol. The molecule has 0 radical (unpaired) electrons. The maximum atomic E-state index is 14.3. The van der Waals surface area contributed by atoms with Crippen molar-refractivity contribution in [3.63, 3.8) is 0 Å².